The summed E-state index contributed by atoms with van der Waals surface area (Å²) in [5.74, 6) is -0.313. The molecule has 0 spiro atoms. The van der Waals surface area contributed by atoms with Gasteiger partial charge < -0.3 is 15.4 Å². The Labute approximate surface area is 168 Å². The molecule has 28 heavy (non-hydrogen) atoms. The van der Waals surface area contributed by atoms with E-state index < -0.39 is 0 Å². The SMILES string of the molecule is CCOC(=O)c1c(C2CC2)csc1NC(=O)CCCNC(=O)c1ccccc1. The number of rotatable bonds is 9. The molecule has 7 heteroatoms. The molecule has 1 aromatic heterocycles. The highest BCUT2D eigenvalue weighted by Gasteiger charge is 2.32. The molecule has 1 aromatic carbocycles. The fourth-order valence-electron chi connectivity index (χ4n) is 2.90. The lowest BCUT2D eigenvalue weighted by atomic mass is 10.1. The van der Waals surface area contributed by atoms with Crippen molar-refractivity contribution >= 4 is 34.1 Å². The van der Waals surface area contributed by atoms with Crippen molar-refractivity contribution in [2.24, 2.45) is 0 Å². The number of nitrogens with one attached hydrogen (secondary N) is 2. The van der Waals surface area contributed by atoms with Gasteiger partial charge in [-0.15, -0.1) is 11.3 Å². The van der Waals surface area contributed by atoms with Crippen molar-refractivity contribution < 1.29 is 19.1 Å². The number of hydrogen-bond donors (Lipinski definition) is 2. The maximum absolute atomic E-state index is 12.3. The number of benzene rings is 1. The summed E-state index contributed by atoms with van der Waals surface area (Å²) in [5.41, 5.74) is 2.08. The molecule has 0 atom stereocenters. The van der Waals surface area contributed by atoms with Gasteiger partial charge in [-0.2, -0.15) is 0 Å². The number of hydrogen-bond acceptors (Lipinski definition) is 5. The summed E-state index contributed by atoms with van der Waals surface area (Å²) in [6, 6.07) is 8.95. The molecule has 0 aliphatic heterocycles. The van der Waals surface area contributed by atoms with Gasteiger partial charge in [0.2, 0.25) is 5.91 Å². The van der Waals surface area contributed by atoms with Crippen LogP contribution >= 0.6 is 11.3 Å². The van der Waals surface area contributed by atoms with Gasteiger partial charge in [0.1, 0.15) is 5.00 Å². The Morgan fingerprint density at radius 1 is 1.18 bits per heavy atom. The minimum absolute atomic E-state index is 0.155. The van der Waals surface area contributed by atoms with Crippen molar-refractivity contribution in [3.05, 3.63) is 52.4 Å². The normalized spacial score (nSPS) is 13.0. The molecule has 1 saturated carbocycles. The summed E-state index contributed by atoms with van der Waals surface area (Å²) in [5, 5.41) is 8.14. The molecule has 1 heterocycles. The van der Waals surface area contributed by atoms with E-state index in [1.54, 1.807) is 31.2 Å². The monoisotopic (exact) mass is 400 g/mol. The van der Waals surface area contributed by atoms with Crippen LogP contribution in [0.15, 0.2) is 35.7 Å². The first kappa shape index (κ1) is 20.1. The number of amides is 2. The largest absolute Gasteiger partial charge is 0.462 e. The van der Waals surface area contributed by atoms with Crippen LogP contribution in [0.25, 0.3) is 0 Å². The molecular formula is C21H24N2O4S. The summed E-state index contributed by atoms with van der Waals surface area (Å²) in [7, 11) is 0. The summed E-state index contributed by atoms with van der Waals surface area (Å²) >= 11 is 1.37. The number of thiophene rings is 1. The van der Waals surface area contributed by atoms with Gasteiger partial charge in [-0.3, -0.25) is 9.59 Å². The molecule has 1 fully saturated rings. The van der Waals surface area contributed by atoms with E-state index in [1.165, 1.54) is 11.3 Å². The molecule has 1 aliphatic carbocycles. The Bertz CT molecular complexity index is 843. The second kappa shape index (κ2) is 9.50. The Kier molecular flexibility index (Phi) is 6.81. The first-order chi connectivity index (χ1) is 13.6. The Morgan fingerprint density at radius 3 is 2.61 bits per heavy atom. The lowest BCUT2D eigenvalue weighted by Gasteiger charge is -2.09. The number of ether oxygens (including phenoxy) is 1. The summed E-state index contributed by atoms with van der Waals surface area (Å²) in [6.07, 6.45) is 2.91. The van der Waals surface area contributed by atoms with Crippen LogP contribution < -0.4 is 10.6 Å². The van der Waals surface area contributed by atoms with Gasteiger partial charge in [-0.25, -0.2) is 4.79 Å². The standard InChI is InChI=1S/C21H24N2O4S/c1-2-27-21(26)18-16(14-10-11-14)13-28-20(18)23-17(24)9-6-12-22-19(25)15-7-4-3-5-8-15/h3-5,7-8,13-14H,2,6,9-12H2,1H3,(H,22,25)(H,23,24). The summed E-state index contributed by atoms with van der Waals surface area (Å²) in [6.45, 7) is 2.47. The van der Waals surface area contributed by atoms with Crippen molar-refractivity contribution in [3.8, 4) is 0 Å². The van der Waals surface area contributed by atoms with Gasteiger partial charge in [0.15, 0.2) is 0 Å². The number of esters is 1. The molecule has 2 aromatic rings. The van der Waals surface area contributed by atoms with Gasteiger partial charge in [-0.1, -0.05) is 18.2 Å². The molecule has 2 amide bonds. The van der Waals surface area contributed by atoms with Crippen molar-refractivity contribution in [3.63, 3.8) is 0 Å². The fraction of sp³-hybridized carbons (Fsp3) is 0.381. The summed E-state index contributed by atoms with van der Waals surface area (Å²) in [4.78, 5) is 36.6. The van der Waals surface area contributed by atoms with E-state index in [4.69, 9.17) is 4.74 Å². The minimum atomic E-state index is -0.379. The molecule has 3 rings (SSSR count). The molecule has 0 unspecified atom stereocenters. The number of carbonyl (C=O) groups excluding carboxylic acids is 3. The minimum Gasteiger partial charge on any atom is -0.462 e. The summed E-state index contributed by atoms with van der Waals surface area (Å²) < 4.78 is 5.16. The van der Waals surface area contributed by atoms with Crippen LogP contribution in [-0.2, 0) is 9.53 Å². The van der Waals surface area contributed by atoms with Crippen LogP contribution in [0.3, 0.4) is 0 Å². The van der Waals surface area contributed by atoms with Crippen LogP contribution in [0.1, 0.15) is 64.8 Å². The molecule has 6 nitrogen and oxygen atoms in total. The molecular weight excluding hydrogens is 376 g/mol. The lowest BCUT2D eigenvalue weighted by Crippen LogP contribution is -2.25. The van der Waals surface area contributed by atoms with E-state index in [-0.39, 0.29) is 24.2 Å². The third-order valence-electron chi connectivity index (χ3n) is 4.47. The number of carbonyl (C=O) groups is 3. The zero-order valence-corrected chi connectivity index (χ0v) is 16.6. The Hall–Kier alpha value is -2.67. The number of anilines is 1. The Morgan fingerprint density at radius 2 is 1.93 bits per heavy atom. The third kappa shape index (κ3) is 5.19. The molecule has 2 N–H and O–H groups in total. The quantitative estimate of drug-likeness (QED) is 0.493. The third-order valence-corrected chi connectivity index (χ3v) is 5.38. The molecule has 1 aliphatic rings. The van der Waals surface area contributed by atoms with Crippen LogP contribution in [0.2, 0.25) is 0 Å². The molecule has 0 radical (unpaired) electrons. The van der Waals surface area contributed by atoms with Crippen molar-refractivity contribution in [1.29, 1.82) is 0 Å². The first-order valence-corrected chi connectivity index (χ1v) is 10.4. The van der Waals surface area contributed by atoms with Gasteiger partial charge >= 0.3 is 5.97 Å². The topological polar surface area (TPSA) is 84.5 Å². The van der Waals surface area contributed by atoms with Crippen LogP contribution in [-0.4, -0.2) is 30.9 Å². The lowest BCUT2D eigenvalue weighted by molar-refractivity contribution is -0.116. The molecule has 0 saturated heterocycles. The van der Waals surface area contributed by atoms with E-state index in [0.29, 0.717) is 41.6 Å². The average molecular weight is 401 g/mol. The second-order valence-electron chi connectivity index (χ2n) is 6.66. The smallest absolute Gasteiger partial charge is 0.341 e. The van der Waals surface area contributed by atoms with E-state index >= 15 is 0 Å². The van der Waals surface area contributed by atoms with Gasteiger partial charge in [-0.05, 0) is 55.2 Å². The highest BCUT2D eigenvalue weighted by molar-refractivity contribution is 7.15. The average Bonchev–Trinajstić information content (AvgIpc) is 3.46. The van der Waals surface area contributed by atoms with Gasteiger partial charge in [0.25, 0.3) is 5.91 Å². The zero-order valence-electron chi connectivity index (χ0n) is 15.8. The van der Waals surface area contributed by atoms with E-state index in [1.807, 2.05) is 11.4 Å². The van der Waals surface area contributed by atoms with Crippen LogP contribution in [0.5, 0.6) is 0 Å². The van der Waals surface area contributed by atoms with Crippen molar-refractivity contribution in [2.45, 2.75) is 38.5 Å². The fourth-order valence-corrected chi connectivity index (χ4v) is 3.95. The van der Waals surface area contributed by atoms with Crippen LogP contribution in [0.4, 0.5) is 5.00 Å². The first-order valence-electron chi connectivity index (χ1n) is 9.51. The van der Waals surface area contributed by atoms with Crippen molar-refractivity contribution in [2.75, 3.05) is 18.5 Å². The highest BCUT2D eigenvalue weighted by Crippen LogP contribution is 2.46. The predicted octanol–water partition coefficient (Wildman–Crippen LogP) is 3.95. The van der Waals surface area contributed by atoms with Gasteiger partial charge in [0, 0.05) is 18.5 Å². The molecule has 148 valence electrons. The highest BCUT2D eigenvalue weighted by atomic mass is 32.1. The maximum Gasteiger partial charge on any atom is 0.341 e. The van der Waals surface area contributed by atoms with Gasteiger partial charge in [0.05, 0.1) is 12.2 Å². The Balaban J connectivity index is 1.49. The van der Waals surface area contributed by atoms with Crippen molar-refractivity contribution in [1.82, 2.24) is 5.32 Å². The van der Waals surface area contributed by atoms with E-state index in [0.717, 1.165) is 18.4 Å². The van der Waals surface area contributed by atoms with E-state index in [9.17, 15) is 14.4 Å². The van der Waals surface area contributed by atoms with E-state index in [2.05, 4.69) is 10.6 Å². The van der Waals surface area contributed by atoms with Crippen LogP contribution in [0, 0.1) is 0 Å². The second-order valence-corrected chi connectivity index (χ2v) is 7.54. The molecule has 0 bridgehead atoms. The predicted molar refractivity (Wildman–Crippen MR) is 109 cm³/mol. The zero-order chi connectivity index (χ0) is 19.9. The maximum atomic E-state index is 12.3.